The van der Waals surface area contributed by atoms with E-state index in [4.69, 9.17) is 9.81 Å². The lowest BCUT2D eigenvalue weighted by Crippen LogP contribution is -2.27. The van der Waals surface area contributed by atoms with E-state index in [1.54, 1.807) is 30.8 Å². The number of amides is 1. The zero-order valence-electron chi connectivity index (χ0n) is 14.4. The third-order valence-corrected chi connectivity index (χ3v) is 4.37. The highest BCUT2D eigenvalue weighted by molar-refractivity contribution is 7.84. The second-order valence-electron chi connectivity index (χ2n) is 5.79. The highest BCUT2D eigenvalue weighted by Gasteiger charge is 2.16. The number of aromatic nitrogens is 3. The van der Waals surface area contributed by atoms with E-state index >= 15 is 0 Å². The van der Waals surface area contributed by atoms with Crippen molar-refractivity contribution in [2.75, 3.05) is 0 Å². The minimum absolute atomic E-state index is 0.545. The van der Waals surface area contributed by atoms with E-state index in [0.29, 0.717) is 22.6 Å². The lowest BCUT2D eigenvalue weighted by atomic mass is 10.2. The van der Waals surface area contributed by atoms with Crippen LogP contribution in [-0.2, 0) is 22.1 Å². The standard InChI is InChI=1S/C17H15N5O4S/c1-11-14(4-6-16(23)20-27(24,25)26)17(21(2)19-11)22-8-7-13-9-12(10-18)3-5-15(13)22/h3-9H,1-2H3,(H,20,23)(H,24,25,26)/b6-4+. The van der Waals surface area contributed by atoms with E-state index in [1.165, 1.54) is 10.8 Å². The molecule has 0 aliphatic heterocycles. The first-order chi connectivity index (χ1) is 12.7. The number of fused-ring (bicyclic) bond motifs is 1. The van der Waals surface area contributed by atoms with Crippen LogP contribution in [0.1, 0.15) is 16.8 Å². The van der Waals surface area contributed by atoms with E-state index in [0.717, 1.165) is 17.0 Å². The van der Waals surface area contributed by atoms with Crippen LogP contribution in [0.15, 0.2) is 36.5 Å². The molecule has 2 heterocycles. The maximum atomic E-state index is 11.6. The number of rotatable bonds is 4. The van der Waals surface area contributed by atoms with Crippen molar-refractivity contribution in [2.45, 2.75) is 6.92 Å². The molecule has 3 aromatic rings. The van der Waals surface area contributed by atoms with Gasteiger partial charge >= 0.3 is 10.3 Å². The molecule has 0 saturated heterocycles. The third kappa shape index (κ3) is 3.74. The molecule has 10 heteroatoms. The first-order valence-electron chi connectivity index (χ1n) is 7.72. The quantitative estimate of drug-likeness (QED) is 0.517. The topological polar surface area (TPSA) is 130 Å². The third-order valence-electron chi connectivity index (χ3n) is 3.92. The molecule has 2 N–H and O–H groups in total. The summed E-state index contributed by atoms with van der Waals surface area (Å²) in [5, 5.41) is 14.3. The van der Waals surface area contributed by atoms with Crippen molar-refractivity contribution in [3.63, 3.8) is 0 Å². The van der Waals surface area contributed by atoms with Gasteiger partial charge in [0.15, 0.2) is 0 Å². The zero-order valence-corrected chi connectivity index (χ0v) is 15.2. The Morgan fingerprint density at radius 1 is 1.37 bits per heavy atom. The molecule has 0 radical (unpaired) electrons. The second kappa shape index (κ2) is 6.71. The number of benzene rings is 1. The number of carbonyl (C=O) groups excluding carboxylic acids is 1. The molecular formula is C17H15N5O4S. The summed E-state index contributed by atoms with van der Waals surface area (Å²) in [6.07, 6.45) is 4.24. The van der Waals surface area contributed by atoms with Crippen molar-refractivity contribution in [1.82, 2.24) is 19.1 Å². The lowest BCUT2D eigenvalue weighted by Gasteiger charge is -2.08. The summed E-state index contributed by atoms with van der Waals surface area (Å²) in [4.78, 5) is 11.6. The van der Waals surface area contributed by atoms with Crippen LogP contribution in [0.3, 0.4) is 0 Å². The molecular weight excluding hydrogens is 370 g/mol. The van der Waals surface area contributed by atoms with Crippen LogP contribution in [0.25, 0.3) is 22.8 Å². The summed E-state index contributed by atoms with van der Waals surface area (Å²) >= 11 is 0. The number of carbonyl (C=O) groups is 1. The molecule has 1 aromatic carbocycles. The van der Waals surface area contributed by atoms with Gasteiger partial charge in [0.1, 0.15) is 5.82 Å². The summed E-state index contributed by atoms with van der Waals surface area (Å²) in [5.74, 6) is -0.328. The van der Waals surface area contributed by atoms with Gasteiger partial charge in [0.25, 0.3) is 5.91 Å². The highest BCUT2D eigenvalue weighted by atomic mass is 32.2. The first-order valence-corrected chi connectivity index (χ1v) is 9.16. The molecule has 3 rings (SSSR count). The average molecular weight is 385 g/mol. The molecule has 0 unspecified atom stereocenters. The van der Waals surface area contributed by atoms with Crippen LogP contribution in [0.5, 0.6) is 0 Å². The fourth-order valence-corrected chi connectivity index (χ4v) is 3.18. The number of hydrogen-bond acceptors (Lipinski definition) is 5. The van der Waals surface area contributed by atoms with Crippen LogP contribution >= 0.6 is 0 Å². The minimum Gasteiger partial charge on any atom is -0.301 e. The van der Waals surface area contributed by atoms with Crippen molar-refractivity contribution in [2.24, 2.45) is 7.05 Å². The molecule has 0 spiro atoms. The largest absolute Gasteiger partial charge is 0.359 e. The average Bonchev–Trinajstić information content (AvgIpc) is 3.10. The minimum atomic E-state index is -4.62. The monoisotopic (exact) mass is 385 g/mol. The second-order valence-corrected chi connectivity index (χ2v) is 6.95. The Kier molecular flexibility index (Phi) is 4.57. The van der Waals surface area contributed by atoms with Crippen molar-refractivity contribution < 1.29 is 17.8 Å². The molecule has 27 heavy (non-hydrogen) atoms. The van der Waals surface area contributed by atoms with Crippen molar-refractivity contribution in [1.29, 1.82) is 5.26 Å². The van der Waals surface area contributed by atoms with Crippen molar-refractivity contribution in [3.05, 3.63) is 53.4 Å². The van der Waals surface area contributed by atoms with Gasteiger partial charge in [-0.05, 0) is 37.3 Å². The molecule has 0 atom stereocenters. The van der Waals surface area contributed by atoms with Crippen molar-refractivity contribution >= 4 is 33.2 Å². The van der Waals surface area contributed by atoms with E-state index in [-0.39, 0.29) is 0 Å². The molecule has 0 saturated carbocycles. The zero-order chi connectivity index (χ0) is 19.8. The summed E-state index contributed by atoms with van der Waals surface area (Å²) in [5.41, 5.74) is 2.61. The number of aryl methyl sites for hydroxylation is 2. The highest BCUT2D eigenvalue weighted by Crippen LogP contribution is 2.26. The summed E-state index contributed by atoms with van der Waals surface area (Å²) in [6, 6.07) is 9.24. The maximum Gasteiger partial charge on any atom is 0.359 e. The van der Waals surface area contributed by atoms with E-state index in [2.05, 4.69) is 11.2 Å². The maximum absolute atomic E-state index is 11.6. The molecule has 0 aliphatic carbocycles. The van der Waals surface area contributed by atoms with Gasteiger partial charge < -0.3 is 4.57 Å². The number of nitrogens with zero attached hydrogens (tertiary/aromatic N) is 4. The van der Waals surface area contributed by atoms with Gasteiger partial charge in [0.05, 0.1) is 22.8 Å². The van der Waals surface area contributed by atoms with Gasteiger partial charge in [-0.2, -0.15) is 18.8 Å². The smallest absolute Gasteiger partial charge is 0.301 e. The molecule has 1 amide bonds. The van der Waals surface area contributed by atoms with Gasteiger partial charge in [-0.1, -0.05) is 0 Å². The van der Waals surface area contributed by atoms with Crippen LogP contribution in [0.4, 0.5) is 0 Å². The van der Waals surface area contributed by atoms with Crippen LogP contribution < -0.4 is 4.72 Å². The Hall–Kier alpha value is -3.42. The summed E-state index contributed by atoms with van der Waals surface area (Å²) < 4.78 is 35.1. The van der Waals surface area contributed by atoms with Gasteiger partial charge in [-0.3, -0.25) is 14.0 Å². The fraction of sp³-hybridized carbons (Fsp3) is 0.118. The van der Waals surface area contributed by atoms with E-state index in [1.807, 2.05) is 22.9 Å². The number of hydrogen-bond donors (Lipinski definition) is 2. The van der Waals surface area contributed by atoms with E-state index < -0.39 is 16.2 Å². The van der Waals surface area contributed by atoms with E-state index in [9.17, 15) is 13.2 Å². The SMILES string of the molecule is Cc1nn(C)c(-n2ccc3cc(C#N)ccc32)c1/C=C/C(=O)NS(=O)(=O)O. The lowest BCUT2D eigenvalue weighted by molar-refractivity contribution is -0.114. The van der Waals surface area contributed by atoms with Crippen LogP contribution in [-0.4, -0.2) is 33.2 Å². The Labute approximate surface area is 155 Å². The predicted octanol–water partition coefficient (Wildman–Crippen LogP) is 1.48. The van der Waals surface area contributed by atoms with Crippen molar-refractivity contribution in [3.8, 4) is 11.9 Å². The Morgan fingerprint density at radius 3 is 2.78 bits per heavy atom. The molecule has 2 aromatic heterocycles. The fourth-order valence-electron chi connectivity index (χ4n) is 2.86. The van der Waals surface area contributed by atoms with Gasteiger partial charge in [0.2, 0.25) is 0 Å². The molecule has 0 fully saturated rings. The van der Waals surface area contributed by atoms with Gasteiger partial charge in [-0.25, -0.2) is 4.72 Å². The molecule has 138 valence electrons. The first kappa shape index (κ1) is 18.4. The Balaban J connectivity index is 2.08. The Morgan fingerprint density at radius 2 is 2.11 bits per heavy atom. The Bertz CT molecular complexity index is 1230. The van der Waals surface area contributed by atoms with Gasteiger partial charge in [-0.15, -0.1) is 0 Å². The normalized spacial score (nSPS) is 11.8. The summed E-state index contributed by atoms with van der Waals surface area (Å²) in [7, 11) is -2.88. The molecule has 9 nitrogen and oxygen atoms in total. The molecule has 0 bridgehead atoms. The van der Waals surface area contributed by atoms with Gasteiger partial charge in [0, 0.05) is 30.3 Å². The summed E-state index contributed by atoms with van der Waals surface area (Å²) in [6.45, 7) is 1.75. The predicted molar refractivity (Wildman–Crippen MR) is 98.2 cm³/mol. The number of nitrogens with one attached hydrogen (secondary N) is 1. The number of nitriles is 1. The van der Waals surface area contributed by atoms with Crippen LogP contribution in [0.2, 0.25) is 0 Å². The molecule has 0 aliphatic rings. The van der Waals surface area contributed by atoms with Crippen LogP contribution in [0, 0.1) is 18.3 Å².